The van der Waals surface area contributed by atoms with E-state index in [0.717, 1.165) is 16.8 Å². The molecule has 0 atom stereocenters. The lowest BCUT2D eigenvalue weighted by Gasteiger charge is -2.20. The summed E-state index contributed by atoms with van der Waals surface area (Å²) in [5.74, 6) is -0.0151. The van der Waals surface area contributed by atoms with Crippen LogP contribution in [0.3, 0.4) is 0 Å². The van der Waals surface area contributed by atoms with Gasteiger partial charge in [-0.1, -0.05) is 11.6 Å². The molecule has 0 aliphatic heterocycles. The molecule has 0 aliphatic rings. The average molecular weight is 389 g/mol. The Balaban J connectivity index is 2.18. The zero-order valence-corrected chi connectivity index (χ0v) is 14.8. The molecule has 0 bridgehead atoms. The number of nitrogens with zero attached hydrogens (tertiary/aromatic N) is 2. The quantitative estimate of drug-likeness (QED) is 0.790. The Bertz CT molecular complexity index is 865. The number of carbonyl (C=O) groups excluding carboxylic acids is 1. The molecule has 0 radical (unpaired) electrons. The molecule has 0 fully saturated rings. The minimum Gasteiger partial charge on any atom is -0.496 e. The number of halogens is 4. The molecule has 0 saturated heterocycles. The van der Waals surface area contributed by atoms with Gasteiger partial charge < -0.3 is 14.2 Å². The number of likely N-dealkylation sites (N-methyl/N-ethyl adjacent to an activating group) is 1. The molecule has 1 aromatic carbocycles. The van der Waals surface area contributed by atoms with Crippen LogP contribution in [-0.2, 0) is 24.1 Å². The Morgan fingerprint density at radius 3 is 2.62 bits per heavy atom. The van der Waals surface area contributed by atoms with E-state index in [1.54, 1.807) is 18.2 Å². The van der Waals surface area contributed by atoms with Crippen molar-refractivity contribution in [2.24, 2.45) is 0 Å². The predicted molar refractivity (Wildman–Crippen MR) is 90.2 cm³/mol. The molecule has 0 spiro atoms. The lowest BCUT2D eigenvalue weighted by Crippen LogP contribution is -2.35. The van der Waals surface area contributed by atoms with E-state index in [1.807, 2.05) is 0 Å². The van der Waals surface area contributed by atoms with Gasteiger partial charge in [0.25, 0.3) is 5.56 Å². The highest BCUT2D eigenvalue weighted by molar-refractivity contribution is 6.30. The van der Waals surface area contributed by atoms with E-state index in [0.29, 0.717) is 22.4 Å². The first-order valence-electron chi connectivity index (χ1n) is 7.46. The van der Waals surface area contributed by atoms with Crippen molar-refractivity contribution in [1.82, 2.24) is 9.47 Å². The Labute approximate surface area is 152 Å². The van der Waals surface area contributed by atoms with Gasteiger partial charge in [-0.25, -0.2) is 0 Å². The Hall–Kier alpha value is -2.48. The molecule has 5 nitrogen and oxygen atoms in total. The molecular formula is C17H16ClF3N2O3. The number of pyridine rings is 1. The minimum absolute atomic E-state index is 0.121. The second kappa shape index (κ2) is 7.82. The molecule has 2 aromatic rings. The van der Waals surface area contributed by atoms with E-state index in [9.17, 15) is 22.8 Å². The maximum absolute atomic E-state index is 12.8. The first-order chi connectivity index (χ1) is 12.1. The summed E-state index contributed by atoms with van der Waals surface area (Å²) in [4.78, 5) is 25.5. The third kappa shape index (κ3) is 4.57. The number of rotatable bonds is 5. The van der Waals surface area contributed by atoms with E-state index in [1.165, 1.54) is 19.1 Å². The van der Waals surface area contributed by atoms with Crippen LogP contribution in [0.5, 0.6) is 5.75 Å². The minimum atomic E-state index is -4.77. The largest absolute Gasteiger partial charge is 0.496 e. The number of alkyl halides is 3. The van der Waals surface area contributed by atoms with Crippen molar-refractivity contribution in [1.29, 1.82) is 0 Å². The van der Waals surface area contributed by atoms with Crippen LogP contribution in [0.15, 0.2) is 41.3 Å². The van der Waals surface area contributed by atoms with Crippen molar-refractivity contribution in [3.05, 3.63) is 63.0 Å². The Kier molecular flexibility index (Phi) is 5.97. The van der Waals surface area contributed by atoms with Crippen molar-refractivity contribution < 1.29 is 22.7 Å². The molecule has 26 heavy (non-hydrogen) atoms. The van der Waals surface area contributed by atoms with Gasteiger partial charge in [0.05, 0.1) is 7.11 Å². The summed E-state index contributed by atoms with van der Waals surface area (Å²) >= 11 is 5.94. The highest BCUT2D eigenvalue weighted by Crippen LogP contribution is 2.26. The van der Waals surface area contributed by atoms with E-state index in [4.69, 9.17) is 16.3 Å². The second-order valence-corrected chi connectivity index (χ2v) is 6.00. The maximum Gasteiger partial charge on any atom is 0.421 e. The number of hydrogen-bond acceptors (Lipinski definition) is 3. The topological polar surface area (TPSA) is 51.5 Å². The molecule has 9 heteroatoms. The van der Waals surface area contributed by atoms with Crippen molar-refractivity contribution in [2.45, 2.75) is 19.3 Å². The van der Waals surface area contributed by atoms with Gasteiger partial charge in [-0.05, 0) is 30.3 Å². The number of ether oxygens (including phenoxy) is 1. The van der Waals surface area contributed by atoms with Gasteiger partial charge in [0, 0.05) is 30.4 Å². The number of aromatic nitrogens is 1. The zero-order valence-electron chi connectivity index (χ0n) is 14.0. The molecular weight excluding hydrogens is 373 g/mol. The summed E-state index contributed by atoms with van der Waals surface area (Å²) < 4.78 is 44.3. The third-order valence-corrected chi connectivity index (χ3v) is 3.94. The highest BCUT2D eigenvalue weighted by atomic mass is 35.5. The Morgan fingerprint density at radius 1 is 1.31 bits per heavy atom. The first-order valence-corrected chi connectivity index (χ1v) is 7.84. The van der Waals surface area contributed by atoms with Crippen molar-refractivity contribution in [3.8, 4) is 5.75 Å². The number of benzene rings is 1. The molecule has 0 saturated carbocycles. The van der Waals surface area contributed by atoms with E-state index >= 15 is 0 Å². The van der Waals surface area contributed by atoms with Crippen LogP contribution < -0.4 is 10.3 Å². The van der Waals surface area contributed by atoms with Gasteiger partial charge in [-0.3, -0.25) is 9.59 Å². The van der Waals surface area contributed by atoms with Crippen LogP contribution in [0.4, 0.5) is 13.2 Å². The number of amides is 1. The lowest BCUT2D eigenvalue weighted by molar-refractivity contribution is -0.139. The second-order valence-electron chi connectivity index (χ2n) is 5.56. The number of hydrogen-bond donors (Lipinski definition) is 0. The Morgan fingerprint density at radius 2 is 2.00 bits per heavy atom. The summed E-state index contributed by atoms with van der Waals surface area (Å²) in [5.41, 5.74) is -1.94. The molecule has 0 N–H and O–H groups in total. The predicted octanol–water partition coefficient (Wildman–Crippen LogP) is 3.19. The van der Waals surface area contributed by atoms with Crippen LogP contribution in [0.1, 0.15) is 11.1 Å². The lowest BCUT2D eigenvalue weighted by atomic mass is 10.2. The molecule has 2 rings (SSSR count). The van der Waals surface area contributed by atoms with Crippen molar-refractivity contribution >= 4 is 17.5 Å². The van der Waals surface area contributed by atoms with Gasteiger partial charge in [-0.2, -0.15) is 13.2 Å². The highest BCUT2D eigenvalue weighted by Gasteiger charge is 2.34. The molecule has 0 aliphatic carbocycles. The van der Waals surface area contributed by atoms with E-state index < -0.39 is 29.8 Å². The van der Waals surface area contributed by atoms with E-state index in [-0.39, 0.29) is 6.54 Å². The first kappa shape index (κ1) is 19.8. The normalized spacial score (nSPS) is 11.3. The van der Waals surface area contributed by atoms with Crippen LogP contribution in [-0.4, -0.2) is 29.5 Å². The van der Waals surface area contributed by atoms with Crippen LogP contribution in [0.2, 0.25) is 5.02 Å². The van der Waals surface area contributed by atoms with Gasteiger partial charge in [0.2, 0.25) is 5.91 Å². The summed E-state index contributed by atoms with van der Waals surface area (Å²) in [5, 5.41) is 0.454. The van der Waals surface area contributed by atoms with Gasteiger partial charge in [0.15, 0.2) is 0 Å². The van der Waals surface area contributed by atoms with Gasteiger partial charge in [-0.15, -0.1) is 0 Å². The SMILES string of the molecule is COc1ccc(Cl)cc1CN(C)C(=O)Cn1cccc(C(F)(F)F)c1=O. The fourth-order valence-electron chi connectivity index (χ4n) is 2.36. The monoisotopic (exact) mass is 388 g/mol. The summed E-state index contributed by atoms with van der Waals surface area (Å²) in [7, 11) is 2.94. The fourth-order valence-corrected chi connectivity index (χ4v) is 2.55. The number of methoxy groups -OCH3 is 1. The standard InChI is InChI=1S/C17H16ClF3N2O3/c1-22(9-11-8-12(18)5-6-14(11)26-2)15(24)10-23-7-3-4-13(16(23)25)17(19,20)21/h3-8H,9-10H2,1-2H3. The van der Waals surface area contributed by atoms with E-state index in [2.05, 4.69) is 0 Å². The summed E-state index contributed by atoms with van der Waals surface area (Å²) in [6.07, 6.45) is -3.63. The maximum atomic E-state index is 12.8. The summed E-state index contributed by atoms with van der Waals surface area (Å²) in [6, 6.07) is 6.67. The third-order valence-electron chi connectivity index (χ3n) is 3.71. The fraction of sp³-hybridized carbons (Fsp3) is 0.294. The molecule has 1 amide bonds. The van der Waals surface area contributed by atoms with Gasteiger partial charge in [0.1, 0.15) is 17.9 Å². The molecule has 140 valence electrons. The molecule has 1 heterocycles. The zero-order chi connectivity index (χ0) is 19.5. The van der Waals surface area contributed by atoms with Gasteiger partial charge >= 0.3 is 6.18 Å². The van der Waals surface area contributed by atoms with Crippen LogP contribution in [0.25, 0.3) is 0 Å². The molecule has 0 unspecified atom stereocenters. The molecule has 1 aromatic heterocycles. The van der Waals surface area contributed by atoms with Crippen LogP contribution >= 0.6 is 11.6 Å². The van der Waals surface area contributed by atoms with Crippen molar-refractivity contribution in [3.63, 3.8) is 0 Å². The summed E-state index contributed by atoms with van der Waals surface area (Å²) in [6.45, 7) is -0.390. The number of carbonyl (C=O) groups is 1. The average Bonchev–Trinajstić information content (AvgIpc) is 2.55. The smallest absolute Gasteiger partial charge is 0.421 e. The van der Waals surface area contributed by atoms with Crippen molar-refractivity contribution in [2.75, 3.05) is 14.2 Å². The van der Waals surface area contributed by atoms with Crippen LogP contribution in [0, 0.1) is 0 Å².